The molecule has 3 nitrogen and oxygen atoms in total. The van der Waals surface area contributed by atoms with Gasteiger partial charge in [0.25, 0.3) is 0 Å². The first-order valence-corrected chi connectivity index (χ1v) is 5.61. The van der Waals surface area contributed by atoms with Crippen LogP contribution < -0.4 is 11.1 Å². The second kappa shape index (κ2) is 5.42. The van der Waals surface area contributed by atoms with E-state index in [9.17, 15) is 4.39 Å². The standard InChI is InChI=1S/C10H15BrFN3/c1-6(4-13)7(2)15-10-9(12)3-8(11)5-14-10/h3,5-7H,4,13H2,1-2H3,(H,14,15). The van der Waals surface area contributed by atoms with Gasteiger partial charge < -0.3 is 11.1 Å². The SMILES string of the molecule is CC(CN)C(C)Nc1ncc(Br)cc1F. The van der Waals surface area contributed by atoms with Gasteiger partial charge in [0.05, 0.1) is 0 Å². The molecule has 0 aliphatic carbocycles. The molecule has 0 aromatic carbocycles. The molecular weight excluding hydrogens is 261 g/mol. The molecule has 3 N–H and O–H groups in total. The van der Waals surface area contributed by atoms with E-state index in [0.29, 0.717) is 11.0 Å². The third-order valence-electron chi connectivity index (χ3n) is 2.40. The third kappa shape index (κ3) is 3.43. The van der Waals surface area contributed by atoms with Crippen molar-refractivity contribution in [2.24, 2.45) is 11.7 Å². The Bertz CT molecular complexity index is 332. The molecule has 2 unspecified atom stereocenters. The van der Waals surface area contributed by atoms with Gasteiger partial charge in [-0.15, -0.1) is 0 Å². The first-order valence-electron chi connectivity index (χ1n) is 4.82. The molecule has 0 spiro atoms. The molecule has 0 fully saturated rings. The van der Waals surface area contributed by atoms with Crippen molar-refractivity contribution in [2.75, 3.05) is 11.9 Å². The first-order chi connectivity index (χ1) is 7.04. The van der Waals surface area contributed by atoms with Gasteiger partial charge in [-0.25, -0.2) is 9.37 Å². The Morgan fingerprint density at radius 3 is 2.80 bits per heavy atom. The van der Waals surface area contributed by atoms with Crippen molar-refractivity contribution in [1.82, 2.24) is 4.98 Å². The zero-order chi connectivity index (χ0) is 11.4. The fourth-order valence-electron chi connectivity index (χ4n) is 1.08. The van der Waals surface area contributed by atoms with E-state index < -0.39 is 0 Å². The maximum Gasteiger partial charge on any atom is 0.166 e. The zero-order valence-corrected chi connectivity index (χ0v) is 10.4. The summed E-state index contributed by atoms with van der Waals surface area (Å²) in [5.74, 6) is 0.182. The Balaban J connectivity index is 2.72. The summed E-state index contributed by atoms with van der Waals surface area (Å²) in [6, 6.07) is 1.48. The Labute approximate surface area is 97.4 Å². The summed E-state index contributed by atoms with van der Waals surface area (Å²) in [5.41, 5.74) is 5.53. The van der Waals surface area contributed by atoms with E-state index in [1.165, 1.54) is 6.07 Å². The molecule has 0 amide bonds. The molecule has 0 radical (unpaired) electrons. The lowest BCUT2D eigenvalue weighted by molar-refractivity contribution is 0.515. The molecule has 1 aromatic rings. The van der Waals surface area contributed by atoms with Crippen molar-refractivity contribution in [3.05, 3.63) is 22.6 Å². The Hall–Kier alpha value is -0.680. The molecule has 0 aliphatic heterocycles. The summed E-state index contributed by atoms with van der Waals surface area (Å²) < 4.78 is 14.0. The van der Waals surface area contributed by atoms with Crippen molar-refractivity contribution in [3.63, 3.8) is 0 Å². The van der Waals surface area contributed by atoms with Gasteiger partial charge in [-0.3, -0.25) is 0 Å². The van der Waals surface area contributed by atoms with E-state index in [2.05, 4.69) is 26.2 Å². The quantitative estimate of drug-likeness (QED) is 0.887. The van der Waals surface area contributed by atoms with E-state index >= 15 is 0 Å². The highest BCUT2D eigenvalue weighted by atomic mass is 79.9. The summed E-state index contributed by atoms with van der Waals surface area (Å²) in [5, 5.41) is 3.00. The van der Waals surface area contributed by atoms with Gasteiger partial charge in [0.2, 0.25) is 0 Å². The first kappa shape index (κ1) is 12.4. The zero-order valence-electron chi connectivity index (χ0n) is 8.80. The Morgan fingerprint density at radius 2 is 2.27 bits per heavy atom. The number of hydrogen-bond acceptors (Lipinski definition) is 3. The number of nitrogens with two attached hydrogens (primary N) is 1. The van der Waals surface area contributed by atoms with Crippen molar-refractivity contribution >= 4 is 21.7 Å². The topological polar surface area (TPSA) is 50.9 Å². The monoisotopic (exact) mass is 275 g/mol. The average Bonchev–Trinajstić information content (AvgIpc) is 2.20. The third-order valence-corrected chi connectivity index (χ3v) is 2.83. The number of hydrogen-bond donors (Lipinski definition) is 2. The van der Waals surface area contributed by atoms with Crippen molar-refractivity contribution < 1.29 is 4.39 Å². The lowest BCUT2D eigenvalue weighted by atomic mass is 10.0. The number of nitrogens with one attached hydrogen (secondary N) is 1. The molecule has 84 valence electrons. The van der Waals surface area contributed by atoms with Gasteiger partial charge in [-0.05, 0) is 41.4 Å². The van der Waals surface area contributed by atoms with Gasteiger partial charge in [0.15, 0.2) is 11.6 Å². The highest BCUT2D eigenvalue weighted by molar-refractivity contribution is 9.10. The van der Waals surface area contributed by atoms with E-state index in [0.717, 1.165) is 0 Å². The fraction of sp³-hybridized carbons (Fsp3) is 0.500. The van der Waals surface area contributed by atoms with Gasteiger partial charge in [-0.1, -0.05) is 6.92 Å². The lowest BCUT2D eigenvalue weighted by Gasteiger charge is -2.20. The molecule has 5 heteroatoms. The molecule has 1 heterocycles. The van der Waals surface area contributed by atoms with Crippen LogP contribution in [0.4, 0.5) is 10.2 Å². The smallest absolute Gasteiger partial charge is 0.166 e. The second-order valence-electron chi connectivity index (χ2n) is 3.63. The predicted molar refractivity (Wildman–Crippen MR) is 63.2 cm³/mol. The van der Waals surface area contributed by atoms with Crippen LogP contribution in [0.15, 0.2) is 16.7 Å². The van der Waals surface area contributed by atoms with Crippen LogP contribution in [0.5, 0.6) is 0 Å². The summed E-state index contributed by atoms with van der Waals surface area (Å²) >= 11 is 3.15. The molecule has 15 heavy (non-hydrogen) atoms. The van der Waals surface area contributed by atoms with Gasteiger partial charge in [-0.2, -0.15) is 0 Å². The summed E-state index contributed by atoms with van der Waals surface area (Å²) in [7, 11) is 0. The van der Waals surface area contributed by atoms with Gasteiger partial charge >= 0.3 is 0 Å². The normalized spacial score (nSPS) is 14.7. The molecule has 0 saturated heterocycles. The summed E-state index contributed by atoms with van der Waals surface area (Å²) in [4.78, 5) is 3.96. The van der Waals surface area contributed by atoms with Crippen molar-refractivity contribution in [1.29, 1.82) is 0 Å². The maximum absolute atomic E-state index is 13.4. The van der Waals surface area contributed by atoms with E-state index in [1.54, 1.807) is 6.20 Å². The van der Waals surface area contributed by atoms with Crippen LogP contribution in [0.2, 0.25) is 0 Å². The van der Waals surface area contributed by atoms with E-state index in [4.69, 9.17) is 5.73 Å². The maximum atomic E-state index is 13.4. The molecule has 0 aliphatic rings. The summed E-state index contributed by atoms with van der Waals surface area (Å²) in [6.07, 6.45) is 1.56. The number of pyridine rings is 1. The number of halogens is 2. The van der Waals surface area contributed by atoms with Gasteiger partial charge in [0.1, 0.15) is 0 Å². The van der Waals surface area contributed by atoms with Crippen LogP contribution in [0.1, 0.15) is 13.8 Å². The van der Waals surface area contributed by atoms with Crippen LogP contribution in [0.25, 0.3) is 0 Å². The minimum Gasteiger partial charge on any atom is -0.365 e. The predicted octanol–water partition coefficient (Wildman–Crippen LogP) is 2.38. The molecule has 1 rings (SSSR count). The second-order valence-corrected chi connectivity index (χ2v) is 4.55. The van der Waals surface area contributed by atoms with Crippen molar-refractivity contribution in [3.8, 4) is 0 Å². The van der Waals surface area contributed by atoms with Gasteiger partial charge in [0, 0.05) is 16.7 Å². The minimum atomic E-state index is -0.361. The molecule has 0 saturated carbocycles. The minimum absolute atomic E-state index is 0.0955. The largest absolute Gasteiger partial charge is 0.365 e. The fourth-order valence-corrected chi connectivity index (χ4v) is 1.39. The van der Waals surface area contributed by atoms with E-state index in [-0.39, 0.29) is 23.6 Å². The number of aromatic nitrogens is 1. The average molecular weight is 276 g/mol. The summed E-state index contributed by atoms with van der Waals surface area (Å²) in [6.45, 7) is 4.53. The Morgan fingerprint density at radius 1 is 1.60 bits per heavy atom. The number of anilines is 1. The van der Waals surface area contributed by atoms with Crippen LogP contribution in [0.3, 0.4) is 0 Å². The highest BCUT2D eigenvalue weighted by Gasteiger charge is 2.13. The van der Waals surface area contributed by atoms with E-state index in [1.807, 2.05) is 13.8 Å². The molecular formula is C10H15BrFN3. The molecule has 1 aromatic heterocycles. The Kier molecular flexibility index (Phi) is 4.47. The van der Waals surface area contributed by atoms with Crippen LogP contribution in [-0.4, -0.2) is 17.6 Å². The van der Waals surface area contributed by atoms with Crippen molar-refractivity contribution in [2.45, 2.75) is 19.9 Å². The van der Waals surface area contributed by atoms with Crippen LogP contribution in [0, 0.1) is 11.7 Å². The van der Waals surface area contributed by atoms with Crippen LogP contribution >= 0.6 is 15.9 Å². The number of nitrogens with zero attached hydrogens (tertiary/aromatic N) is 1. The lowest BCUT2D eigenvalue weighted by Crippen LogP contribution is -2.30. The number of rotatable bonds is 4. The van der Waals surface area contributed by atoms with Crippen LogP contribution in [-0.2, 0) is 0 Å². The molecule has 0 bridgehead atoms. The highest BCUT2D eigenvalue weighted by Crippen LogP contribution is 2.18. The molecule has 2 atom stereocenters.